The molecule has 3 aromatic rings. The zero-order chi connectivity index (χ0) is 21.8. The quantitative estimate of drug-likeness (QED) is 0.495. The van der Waals surface area contributed by atoms with Gasteiger partial charge in [0.15, 0.2) is 0 Å². The molecule has 0 bridgehead atoms. The van der Waals surface area contributed by atoms with Crippen LogP contribution < -0.4 is 14.8 Å². The fourth-order valence-corrected chi connectivity index (χ4v) is 5.87. The fourth-order valence-electron chi connectivity index (χ4n) is 3.33. The molecule has 1 saturated carbocycles. The monoisotopic (exact) mass is 477 g/mol. The minimum Gasteiger partial charge on any atom is -0.438 e. The molecule has 0 spiro atoms. The summed E-state index contributed by atoms with van der Waals surface area (Å²) in [5.74, 6) is 0.407. The molecule has 2 N–H and O–H groups in total. The van der Waals surface area contributed by atoms with Gasteiger partial charge in [-0.3, -0.25) is 9.52 Å². The fraction of sp³-hybridized carbons (Fsp3) is 0.238. The number of aromatic nitrogens is 1. The number of carbonyl (C=O) groups excluding carboxylic acids is 1. The molecule has 2 heterocycles. The number of benzene rings is 1. The standard InChI is InChI=1S/C21H20ClN3O4S2/c22-18-11-12-19(30-18)31(27,28)25-15-7-9-16(10-8-15)29-21-17(6-3-13-23-21)20(26)24-14-4-1-2-5-14/h3,6-14,25H,1-2,4-5H2,(H,24,26). The normalized spacial score (nSPS) is 14.4. The number of pyridine rings is 1. The maximum Gasteiger partial charge on any atom is 0.271 e. The van der Waals surface area contributed by atoms with Crippen molar-refractivity contribution in [3.8, 4) is 11.6 Å². The van der Waals surface area contributed by atoms with Gasteiger partial charge in [0.1, 0.15) is 15.5 Å². The van der Waals surface area contributed by atoms with Gasteiger partial charge in [-0.25, -0.2) is 13.4 Å². The van der Waals surface area contributed by atoms with Gasteiger partial charge in [-0.2, -0.15) is 0 Å². The molecule has 1 aliphatic rings. The topological polar surface area (TPSA) is 97.4 Å². The molecule has 2 aromatic heterocycles. The molecule has 0 unspecified atom stereocenters. The molecule has 7 nitrogen and oxygen atoms in total. The van der Waals surface area contributed by atoms with E-state index in [-0.39, 0.29) is 22.0 Å². The molecule has 0 radical (unpaired) electrons. The van der Waals surface area contributed by atoms with Crippen LogP contribution in [0.5, 0.6) is 11.6 Å². The molecular weight excluding hydrogens is 458 g/mol. The van der Waals surface area contributed by atoms with Crippen LogP contribution in [-0.2, 0) is 10.0 Å². The Kier molecular flexibility index (Phi) is 6.45. The summed E-state index contributed by atoms with van der Waals surface area (Å²) in [5.41, 5.74) is 0.728. The van der Waals surface area contributed by atoms with Crippen molar-refractivity contribution in [1.29, 1.82) is 0 Å². The Morgan fingerprint density at radius 1 is 1.10 bits per heavy atom. The predicted octanol–water partition coefficient (Wildman–Crippen LogP) is 5.06. The second-order valence-electron chi connectivity index (χ2n) is 7.10. The van der Waals surface area contributed by atoms with E-state index in [0.29, 0.717) is 21.3 Å². The highest BCUT2D eigenvalue weighted by molar-refractivity contribution is 7.94. The number of carbonyl (C=O) groups is 1. The van der Waals surface area contributed by atoms with Gasteiger partial charge in [0, 0.05) is 17.9 Å². The number of amides is 1. The lowest BCUT2D eigenvalue weighted by molar-refractivity contribution is 0.0935. The molecule has 1 aliphatic carbocycles. The van der Waals surface area contributed by atoms with Gasteiger partial charge in [-0.05, 0) is 61.4 Å². The first kappa shape index (κ1) is 21.6. The summed E-state index contributed by atoms with van der Waals surface area (Å²) in [6, 6.07) is 12.9. The SMILES string of the molecule is O=C(NC1CCCC1)c1cccnc1Oc1ccc(NS(=O)(=O)c2ccc(Cl)s2)cc1. The van der Waals surface area contributed by atoms with E-state index in [9.17, 15) is 13.2 Å². The summed E-state index contributed by atoms with van der Waals surface area (Å²) in [6.07, 6.45) is 5.76. The van der Waals surface area contributed by atoms with Gasteiger partial charge < -0.3 is 10.1 Å². The van der Waals surface area contributed by atoms with Gasteiger partial charge in [-0.1, -0.05) is 24.4 Å². The van der Waals surface area contributed by atoms with Crippen LogP contribution in [0.15, 0.2) is 58.9 Å². The van der Waals surface area contributed by atoms with Crippen LogP contribution in [0.25, 0.3) is 0 Å². The van der Waals surface area contributed by atoms with Gasteiger partial charge >= 0.3 is 0 Å². The highest BCUT2D eigenvalue weighted by Crippen LogP contribution is 2.29. The lowest BCUT2D eigenvalue weighted by Crippen LogP contribution is -2.32. The number of rotatable bonds is 7. The Labute approximate surface area is 189 Å². The molecule has 1 amide bonds. The van der Waals surface area contributed by atoms with Crippen molar-refractivity contribution in [2.24, 2.45) is 0 Å². The average Bonchev–Trinajstić information content (AvgIpc) is 3.42. The largest absolute Gasteiger partial charge is 0.438 e. The average molecular weight is 478 g/mol. The highest BCUT2D eigenvalue weighted by atomic mass is 35.5. The molecular formula is C21H20ClN3O4S2. The lowest BCUT2D eigenvalue weighted by atomic mass is 10.2. The minimum atomic E-state index is -3.72. The molecule has 4 rings (SSSR count). The number of hydrogen-bond donors (Lipinski definition) is 2. The van der Waals surface area contributed by atoms with E-state index < -0.39 is 10.0 Å². The molecule has 0 aliphatic heterocycles. The maximum atomic E-state index is 12.6. The van der Waals surface area contributed by atoms with E-state index in [1.165, 1.54) is 12.1 Å². The van der Waals surface area contributed by atoms with Crippen molar-refractivity contribution in [3.05, 3.63) is 64.6 Å². The van der Waals surface area contributed by atoms with Crippen molar-refractivity contribution in [3.63, 3.8) is 0 Å². The molecule has 162 valence electrons. The minimum absolute atomic E-state index is 0.129. The second kappa shape index (κ2) is 9.25. The summed E-state index contributed by atoms with van der Waals surface area (Å²) in [6.45, 7) is 0. The van der Waals surface area contributed by atoms with Crippen molar-refractivity contribution in [1.82, 2.24) is 10.3 Å². The van der Waals surface area contributed by atoms with Gasteiger partial charge in [-0.15, -0.1) is 11.3 Å². The van der Waals surface area contributed by atoms with Crippen LogP contribution in [0.4, 0.5) is 5.69 Å². The van der Waals surface area contributed by atoms with Crippen molar-refractivity contribution in [2.75, 3.05) is 4.72 Å². The van der Waals surface area contributed by atoms with Crippen LogP contribution in [0.3, 0.4) is 0 Å². The number of ether oxygens (including phenoxy) is 1. The molecule has 1 fully saturated rings. The van der Waals surface area contributed by atoms with Crippen LogP contribution in [0.1, 0.15) is 36.0 Å². The first-order valence-electron chi connectivity index (χ1n) is 9.73. The summed E-state index contributed by atoms with van der Waals surface area (Å²) in [7, 11) is -3.72. The van der Waals surface area contributed by atoms with Crippen molar-refractivity contribution < 1.29 is 17.9 Å². The zero-order valence-electron chi connectivity index (χ0n) is 16.4. The van der Waals surface area contributed by atoms with E-state index in [0.717, 1.165) is 37.0 Å². The van der Waals surface area contributed by atoms with Crippen LogP contribution >= 0.6 is 22.9 Å². The van der Waals surface area contributed by atoms with Crippen molar-refractivity contribution in [2.45, 2.75) is 35.9 Å². The number of sulfonamides is 1. The van der Waals surface area contributed by atoms with Crippen LogP contribution in [0, 0.1) is 0 Å². The second-order valence-corrected chi connectivity index (χ2v) is 10.7. The Balaban J connectivity index is 1.45. The Morgan fingerprint density at radius 3 is 2.52 bits per heavy atom. The van der Waals surface area contributed by atoms with Crippen LogP contribution in [-0.4, -0.2) is 25.4 Å². The number of hydrogen-bond acceptors (Lipinski definition) is 6. The van der Waals surface area contributed by atoms with E-state index in [1.807, 2.05) is 0 Å². The number of halogens is 1. The highest BCUT2D eigenvalue weighted by Gasteiger charge is 2.21. The number of anilines is 1. The third kappa shape index (κ3) is 5.36. The Hall–Kier alpha value is -2.62. The number of nitrogens with zero attached hydrogens (tertiary/aromatic N) is 1. The van der Waals surface area contributed by atoms with Gasteiger partial charge in [0.05, 0.1) is 4.34 Å². The molecule has 0 saturated heterocycles. The van der Waals surface area contributed by atoms with E-state index >= 15 is 0 Å². The van der Waals surface area contributed by atoms with Crippen molar-refractivity contribution >= 4 is 44.6 Å². The van der Waals surface area contributed by atoms with Gasteiger partial charge in [0.25, 0.3) is 15.9 Å². The van der Waals surface area contributed by atoms with Crippen LogP contribution in [0.2, 0.25) is 4.34 Å². The first-order chi connectivity index (χ1) is 14.9. The van der Waals surface area contributed by atoms with E-state index in [1.54, 1.807) is 42.6 Å². The number of thiophene rings is 1. The lowest BCUT2D eigenvalue weighted by Gasteiger charge is -2.14. The summed E-state index contributed by atoms with van der Waals surface area (Å²) < 4.78 is 33.6. The molecule has 10 heteroatoms. The number of nitrogens with one attached hydrogen (secondary N) is 2. The molecule has 31 heavy (non-hydrogen) atoms. The zero-order valence-corrected chi connectivity index (χ0v) is 18.8. The first-order valence-corrected chi connectivity index (χ1v) is 12.4. The van der Waals surface area contributed by atoms with E-state index in [2.05, 4.69) is 15.0 Å². The summed E-state index contributed by atoms with van der Waals surface area (Å²) >= 11 is 6.80. The van der Waals surface area contributed by atoms with E-state index in [4.69, 9.17) is 16.3 Å². The predicted molar refractivity (Wildman–Crippen MR) is 121 cm³/mol. The maximum absolute atomic E-state index is 12.6. The third-order valence-electron chi connectivity index (χ3n) is 4.84. The Bertz CT molecular complexity index is 1170. The Morgan fingerprint density at radius 2 is 1.84 bits per heavy atom. The summed E-state index contributed by atoms with van der Waals surface area (Å²) in [4.78, 5) is 16.8. The molecule has 1 aromatic carbocycles. The molecule has 0 atom stereocenters. The summed E-state index contributed by atoms with van der Waals surface area (Å²) in [5, 5.41) is 3.03. The smallest absolute Gasteiger partial charge is 0.271 e. The third-order valence-corrected chi connectivity index (χ3v) is 7.94. The van der Waals surface area contributed by atoms with Gasteiger partial charge in [0.2, 0.25) is 5.88 Å².